The molecule has 0 radical (unpaired) electrons. The molecule has 0 aromatic carbocycles. The van der Waals surface area contributed by atoms with Gasteiger partial charge in [-0.2, -0.15) is 13.2 Å². The topological polar surface area (TPSA) is 38.5 Å². The molecule has 2 rings (SSSR count). The van der Waals surface area contributed by atoms with Crippen molar-refractivity contribution in [1.82, 2.24) is 4.90 Å². The van der Waals surface area contributed by atoms with Crippen molar-refractivity contribution in [3.8, 4) is 0 Å². The Morgan fingerprint density at radius 1 is 1.15 bits per heavy atom. The molecule has 6 heteroatoms. The third-order valence-corrected chi connectivity index (χ3v) is 4.41. The molecular weight excluding hydrogens is 269 g/mol. The van der Waals surface area contributed by atoms with Crippen LogP contribution >= 0.6 is 0 Å². The first-order valence-electron chi connectivity index (χ1n) is 7.59. The Kier molecular flexibility index (Phi) is 5.31. The molecule has 3 nitrogen and oxygen atoms in total. The molecule has 1 heterocycles. The molecule has 118 valence electrons. The number of nitrogens with two attached hydrogens (primary N) is 1. The number of hydrogen-bond acceptors (Lipinski definition) is 3. The van der Waals surface area contributed by atoms with Gasteiger partial charge in [0, 0.05) is 19.6 Å². The van der Waals surface area contributed by atoms with Crippen LogP contribution < -0.4 is 5.73 Å². The minimum absolute atomic E-state index is 0.0322. The van der Waals surface area contributed by atoms with Crippen molar-refractivity contribution in [2.75, 3.05) is 26.2 Å². The van der Waals surface area contributed by atoms with Crippen LogP contribution in [0.4, 0.5) is 13.2 Å². The first-order valence-corrected chi connectivity index (χ1v) is 7.59. The summed E-state index contributed by atoms with van der Waals surface area (Å²) in [6.45, 7) is -0.0319. The Balaban J connectivity index is 1.85. The number of alkyl halides is 3. The lowest BCUT2D eigenvalue weighted by Crippen LogP contribution is -2.42. The number of rotatable bonds is 5. The fraction of sp³-hybridized carbons (Fsp3) is 1.00. The molecule has 1 saturated carbocycles. The second-order valence-electron chi connectivity index (χ2n) is 6.16. The van der Waals surface area contributed by atoms with Gasteiger partial charge in [-0.1, -0.05) is 19.3 Å². The first-order chi connectivity index (χ1) is 9.42. The molecule has 0 aromatic heterocycles. The van der Waals surface area contributed by atoms with Crippen LogP contribution in [0.2, 0.25) is 0 Å². The van der Waals surface area contributed by atoms with Crippen LogP contribution in [-0.4, -0.2) is 49.0 Å². The third kappa shape index (κ3) is 4.60. The van der Waals surface area contributed by atoms with E-state index in [0.29, 0.717) is 6.54 Å². The van der Waals surface area contributed by atoms with Crippen LogP contribution in [-0.2, 0) is 4.74 Å². The standard InChI is InChI=1S/C14H25F3N2O/c15-14(16,17)11-19(9-8-18)10-12-4-7-13(20-12)5-2-1-3-6-13/h12H,1-11,18H2. The molecule has 0 aromatic rings. The van der Waals surface area contributed by atoms with Gasteiger partial charge in [-0.25, -0.2) is 0 Å². The zero-order valence-corrected chi connectivity index (χ0v) is 11.9. The van der Waals surface area contributed by atoms with Gasteiger partial charge in [-0.3, -0.25) is 4.90 Å². The summed E-state index contributed by atoms with van der Waals surface area (Å²) < 4.78 is 43.7. The van der Waals surface area contributed by atoms with E-state index in [1.807, 2.05) is 0 Å². The van der Waals surface area contributed by atoms with E-state index in [4.69, 9.17) is 10.5 Å². The van der Waals surface area contributed by atoms with Gasteiger partial charge < -0.3 is 10.5 Å². The normalized spacial score (nSPS) is 26.6. The third-order valence-electron chi connectivity index (χ3n) is 4.41. The molecule has 1 aliphatic heterocycles. The van der Waals surface area contributed by atoms with Crippen molar-refractivity contribution < 1.29 is 17.9 Å². The monoisotopic (exact) mass is 294 g/mol. The SMILES string of the molecule is NCCN(CC1CCC2(CCCCC2)O1)CC(F)(F)F. The molecular formula is C14H25F3N2O. The summed E-state index contributed by atoms with van der Waals surface area (Å²) in [5, 5.41) is 0. The van der Waals surface area contributed by atoms with Gasteiger partial charge in [0.1, 0.15) is 0 Å². The van der Waals surface area contributed by atoms with Crippen molar-refractivity contribution in [2.24, 2.45) is 5.73 Å². The van der Waals surface area contributed by atoms with Crippen LogP contribution in [0.5, 0.6) is 0 Å². The number of hydrogen-bond donors (Lipinski definition) is 1. The fourth-order valence-electron chi connectivity index (χ4n) is 3.55. The van der Waals surface area contributed by atoms with Crippen LogP contribution in [0.1, 0.15) is 44.9 Å². The average molecular weight is 294 g/mol. The number of ether oxygens (including phenoxy) is 1. The highest BCUT2D eigenvalue weighted by Crippen LogP contribution is 2.42. The number of nitrogens with zero attached hydrogens (tertiary/aromatic N) is 1. The highest BCUT2D eigenvalue weighted by atomic mass is 19.4. The van der Waals surface area contributed by atoms with Crippen molar-refractivity contribution >= 4 is 0 Å². The summed E-state index contributed by atoms with van der Waals surface area (Å²) in [4.78, 5) is 1.38. The lowest BCUT2D eigenvalue weighted by Gasteiger charge is -2.34. The molecule has 1 aliphatic carbocycles. The molecule has 1 atom stereocenters. The summed E-state index contributed by atoms with van der Waals surface area (Å²) in [5.41, 5.74) is 5.38. The maximum absolute atomic E-state index is 12.5. The summed E-state index contributed by atoms with van der Waals surface area (Å²) >= 11 is 0. The molecule has 1 spiro atoms. The predicted octanol–water partition coefficient (Wildman–Crippen LogP) is 2.69. The minimum Gasteiger partial charge on any atom is -0.370 e. The van der Waals surface area contributed by atoms with Crippen LogP contribution in [0.15, 0.2) is 0 Å². The molecule has 2 aliphatic rings. The van der Waals surface area contributed by atoms with E-state index in [2.05, 4.69) is 0 Å². The van der Waals surface area contributed by atoms with E-state index in [0.717, 1.165) is 25.7 Å². The lowest BCUT2D eigenvalue weighted by atomic mass is 9.83. The van der Waals surface area contributed by atoms with E-state index in [1.54, 1.807) is 0 Å². The van der Waals surface area contributed by atoms with E-state index < -0.39 is 12.7 Å². The largest absolute Gasteiger partial charge is 0.401 e. The van der Waals surface area contributed by atoms with Gasteiger partial charge in [-0.15, -0.1) is 0 Å². The highest BCUT2D eigenvalue weighted by Gasteiger charge is 2.41. The quantitative estimate of drug-likeness (QED) is 0.847. The van der Waals surface area contributed by atoms with Crippen molar-refractivity contribution in [3.05, 3.63) is 0 Å². The van der Waals surface area contributed by atoms with Gasteiger partial charge in [0.2, 0.25) is 0 Å². The Morgan fingerprint density at radius 2 is 1.85 bits per heavy atom. The van der Waals surface area contributed by atoms with Crippen LogP contribution in [0.3, 0.4) is 0 Å². The zero-order valence-electron chi connectivity index (χ0n) is 11.9. The molecule has 2 fully saturated rings. The van der Waals surface area contributed by atoms with E-state index in [1.165, 1.54) is 24.2 Å². The maximum atomic E-state index is 12.5. The van der Waals surface area contributed by atoms with Crippen LogP contribution in [0.25, 0.3) is 0 Å². The molecule has 1 saturated heterocycles. The fourth-order valence-corrected chi connectivity index (χ4v) is 3.55. The van der Waals surface area contributed by atoms with Gasteiger partial charge in [0.25, 0.3) is 0 Å². The van der Waals surface area contributed by atoms with Gasteiger partial charge in [0.15, 0.2) is 0 Å². The Labute approximate surface area is 118 Å². The average Bonchev–Trinajstić information content (AvgIpc) is 2.71. The zero-order chi connectivity index (χ0) is 14.6. The number of halogens is 3. The lowest BCUT2D eigenvalue weighted by molar-refractivity contribution is -0.151. The Morgan fingerprint density at radius 3 is 2.45 bits per heavy atom. The summed E-state index contributed by atoms with van der Waals surface area (Å²) in [6.07, 6.45) is 3.39. The smallest absolute Gasteiger partial charge is 0.370 e. The summed E-state index contributed by atoms with van der Waals surface area (Å²) in [5.74, 6) is 0. The van der Waals surface area contributed by atoms with Gasteiger partial charge >= 0.3 is 6.18 Å². The van der Waals surface area contributed by atoms with Crippen molar-refractivity contribution in [1.29, 1.82) is 0 Å². The van der Waals surface area contributed by atoms with E-state index in [-0.39, 0.29) is 24.8 Å². The summed E-state index contributed by atoms with van der Waals surface area (Å²) in [7, 11) is 0. The molecule has 20 heavy (non-hydrogen) atoms. The molecule has 1 unspecified atom stereocenters. The molecule has 0 bridgehead atoms. The molecule has 2 N–H and O–H groups in total. The summed E-state index contributed by atoms with van der Waals surface area (Å²) in [6, 6.07) is 0. The van der Waals surface area contributed by atoms with Gasteiger partial charge in [0.05, 0.1) is 18.2 Å². The van der Waals surface area contributed by atoms with Crippen molar-refractivity contribution in [3.63, 3.8) is 0 Å². The maximum Gasteiger partial charge on any atom is 0.401 e. The Bertz CT molecular complexity index is 303. The second-order valence-corrected chi connectivity index (χ2v) is 6.16. The van der Waals surface area contributed by atoms with E-state index in [9.17, 15) is 13.2 Å². The molecule has 0 amide bonds. The van der Waals surface area contributed by atoms with E-state index >= 15 is 0 Å². The second kappa shape index (κ2) is 6.62. The Hall–Kier alpha value is -0.330. The minimum atomic E-state index is -4.17. The van der Waals surface area contributed by atoms with Crippen molar-refractivity contribution in [2.45, 2.75) is 62.8 Å². The van der Waals surface area contributed by atoms with Crippen LogP contribution in [0, 0.1) is 0 Å². The first kappa shape index (κ1) is 16.0. The van der Waals surface area contributed by atoms with Gasteiger partial charge in [-0.05, 0) is 25.7 Å². The highest BCUT2D eigenvalue weighted by molar-refractivity contribution is 4.92. The predicted molar refractivity (Wildman–Crippen MR) is 71.5 cm³/mol.